The fourth-order valence-electron chi connectivity index (χ4n) is 1.71. The van der Waals surface area contributed by atoms with E-state index in [4.69, 9.17) is 9.47 Å². The SMILES string of the molecule is COCCCOCC(=O)N1CCN[C@H](C)C1.Cl. The van der Waals surface area contributed by atoms with Gasteiger partial charge in [-0.05, 0) is 13.3 Å². The van der Waals surface area contributed by atoms with Gasteiger partial charge in [-0.2, -0.15) is 0 Å². The molecule has 5 nitrogen and oxygen atoms in total. The summed E-state index contributed by atoms with van der Waals surface area (Å²) in [5.74, 6) is 0.0887. The molecule has 102 valence electrons. The van der Waals surface area contributed by atoms with Crippen molar-refractivity contribution in [3.8, 4) is 0 Å². The number of nitrogens with one attached hydrogen (secondary N) is 1. The summed E-state index contributed by atoms with van der Waals surface area (Å²) in [5, 5.41) is 3.30. The molecular formula is C11H23ClN2O3. The first-order valence-electron chi connectivity index (χ1n) is 5.82. The summed E-state index contributed by atoms with van der Waals surface area (Å²) < 4.78 is 10.2. The van der Waals surface area contributed by atoms with E-state index in [1.165, 1.54) is 0 Å². The van der Waals surface area contributed by atoms with Gasteiger partial charge in [0.2, 0.25) is 5.91 Å². The van der Waals surface area contributed by atoms with Gasteiger partial charge in [-0.25, -0.2) is 0 Å². The van der Waals surface area contributed by atoms with Crippen LogP contribution in [0.2, 0.25) is 0 Å². The van der Waals surface area contributed by atoms with Crippen molar-refractivity contribution in [3.05, 3.63) is 0 Å². The van der Waals surface area contributed by atoms with Crippen LogP contribution in [0.4, 0.5) is 0 Å². The summed E-state index contributed by atoms with van der Waals surface area (Å²) in [6.45, 7) is 5.97. The molecule has 6 heteroatoms. The van der Waals surface area contributed by atoms with Crippen molar-refractivity contribution in [3.63, 3.8) is 0 Å². The highest BCUT2D eigenvalue weighted by Crippen LogP contribution is 1.99. The molecule has 1 aliphatic rings. The van der Waals surface area contributed by atoms with Crippen molar-refractivity contribution in [1.29, 1.82) is 0 Å². The molecule has 0 unspecified atom stereocenters. The Morgan fingerprint density at radius 2 is 2.24 bits per heavy atom. The molecular weight excluding hydrogens is 244 g/mol. The zero-order valence-corrected chi connectivity index (χ0v) is 11.4. The minimum atomic E-state index is 0. The number of halogens is 1. The number of hydrogen-bond donors (Lipinski definition) is 1. The van der Waals surface area contributed by atoms with Gasteiger partial charge in [-0.15, -0.1) is 12.4 Å². The fraction of sp³-hybridized carbons (Fsp3) is 0.909. The van der Waals surface area contributed by atoms with Crippen molar-refractivity contribution in [2.24, 2.45) is 0 Å². The van der Waals surface area contributed by atoms with Crippen LogP contribution in [0.15, 0.2) is 0 Å². The molecule has 1 amide bonds. The molecule has 0 saturated carbocycles. The predicted molar refractivity (Wildman–Crippen MR) is 68.6 cm³/mol. The van der Waals surface area contributed by atoms with Crippen LogP contribution in [0.5, 0.6) is 0 Å². The maximum atomic E-state index is 11.7. The number of carbonyl (C=O) groups excluding carboxylic acids is 1. The largest absolute Gasteiger partial charge is 0.385 e. The van der Waals surface area contributed by atoms with Gasteiger partial charge in [0.05, 0.1) is 0 Å². The van der Waals surface area contributed by atoms with Crippen molar-refractivity contribution in [2.45, 2.75) is 19.4 Å². The summed E-state index contributed by atoms with van der Waals surface area (Å²) in [4.78, 5) is 13.6. The number of piperazine rings is 1. The number of amides is 1. The van der Waals surface area contributed by atoms with Crippen molar-refractivity contribution in [1.82, 2.24) is 10.2 Å². The molecule has 0 radical (unpaired) electrons. The molecule has 1 aliphatic heterocycles. The van der Waals surface area contributed by atoms with Crippen LogP contribution in [0.25, 0.3) is 0 Å². The number of carbonyl (C=O) groups is 1. The second-order valence-electron chi connectivity index (χ2n) is 4.09. The van der Waals surface area contributed by atoms with E-state index in [0.717, 1.165) is 26.1 Å². The maximum Gasteiger partial charge on any atom is 0.248 e. The predicted octanol–water partition coefficient (Wildman–Crippen LogP) is 0.282. The van der Waals surface area contributed by atoms with Gasteiger partial charge in [0.15, 0.2) is 0 Å². The van der Waals surface area contributed by atoms with E-state index in [1.54, 1.807) is 7.11 Å². The van der Waals surface area contributed by atoms with Gasteiger partial charge in [0.25, 0.3) is 0 Å². The smallest absolute Gasteiger partial charge is 0.248 e. The van der Waals surface area contributed by atoms with E-state index < -0.39 is 0 Å². The summed E-state index contributed by atoms with van der Waals surface area (Å²) in [6, 6.07) is 0.381. The van der Waals surface area contributed by atoms with Gasteiger partial charge >= 0.3 is 0 Å². The topological polar surface area (TPSA) is 50.8 Å². The first-order valence-corrected chi connectivity index (χ1v) is 5.82. The lowest BCUT2D eigenvalue weighted by Crippen LogP contribution is -2.52. The van der Waals surface area contributed by atoms with Crippen LogP contribution in [0.3, 0.4) is 0 Å². The quantitative estimate of drug-likeness (QED) is 0.702. The van der Waals surface area contributed by atoms with E-state index in [1.807, 2.05) is 4.90 Å². The lowest BCUT2D eigenvalue weighted by molar-refractivity contribution is -0.137. The lowest BCUT2D eigenvalue weighted by atomic mass is 10.2. The molecule has 0 spiro atoms. The van der Waals surface area contributed by atoms with Crippen LogP contribution in [-0.4, -0.2) is 63.4 Å². The lowest BCUT2D eigenvalue weighted by Gasteiger charge is -2.31. The summed E-state index contributed by atoms with van der Waals surface area (Å²) in [6.07, 6.45) is 0.835. The van der Waals surface area contributed by atoms with E-state index in [2.05, 4.69) is 12.2 Å². The molecule has 0 aromatic rings. The number of rotatable bonds is 6. The second kappa shape index (κ2) is 9.65. The normalized spacial score (nSPS) is 19.9. The van der Waals surface area contributed by atoms with Crippen LogP contribution in [-0.2, 0) is 14.3 Å². The Morgan fingerprint density at radius 3 is 2.88 bits per heavy atom. The molecule has 1 saturated heterocycles. The third-order valence-electron chi connectivity index (χ3n) is 2.58. The average molecular weight is 267 g/mol. The Morgan fingerprint density at radius 1 is 1.47 bits per heavy atom. The molecule has 1 N–H and O–H groups in total. The third-order valence-corrected chi connectivity index (χ3v) is 2.58. The van der Waals surface area contributed by atoms with E-state index in [-0.39, 0.29) is 24.9 Å². The molecule has 1 rings (SSSR count). The van der Waals surface area contributed by atoms with Gasteiger partial charge < -0.3 is 19.7 Å². The molecule has 0 aromatic carbocycles. The highest BCUT2D eigenvalue weighted by atomic mass is 35.5. The Kier molecular flexibility index (Phi) is 9.44. The molecule has 1 heterocycles. The molecule has 0 aromatic heterocycles. The minimum Gasteiger partial charge on any atom is -0.385 e. The zero-order chi connectivity index (χ0) is 11.8. The summed E-state index contributed by atoms with van der Waals surface area (Å²) in [5.41, 5.74) is 0. The third kappa shape index (κ3) is 6.83. The standard InChI is InChI=1S/C11H22N2O3.ClH/c1-10-8-13(5-4-12-10)11(14)9-16-7-3-6-15-2;/h10,12H,3-9H2,1-2H3;1H/t10-;/m1./s1. The number of hydrogen-bond acceptors (Lipinski definition) is 4. The Balaban J connectivity index is 0.00000256. The second-order valence-corrected chi connectivity index (χ2v) is 4.09. The zero-order valence-electron chi connectivity index (χ0n) is 10.6. The first-order chi connectivity index (χ1) is 7.74. The van der Waals surface area contributed by atoms with E-state index >= 15 is 0 Å². The minimum absolute atomic E-state index is 0. The van der Waals surface area contributed by atoms with Gasteiger partial charge in [0.1, 0.15) is 6.61 Å². The molecule has 0 aliphatic carbocycles. The molecule has 1 atom stereocenters. The highest BCUT2D eigenvalue weighted by molar-refractivity contribution is 5.85. The number of methoxy groups -OCH3 is 1. The van der Waals surface area contributed by atoms with E-state index in [0.29, 0.717) is 19.3 Å². The highest BCUT2D eigenvalue weighted by Gasteiger charge is 2.19. The summed E-state index contributed by atoms with van der Waals surface area (Å²) >= 11 is 0. The van der Waals surface area contributed by atoms with Crippen LogP contribution < -0.4 is 5.32 Å². The monoisotopic (exact) mass is 266 g/mol. The Labute approximate surface area is 109 Å². The number of ether oxygens (including phenoxy) is 2. The van der Waals surface area contributed by atoms with Crippen LogP contribution in [0.1, 0.15) is 13.3 Å². The summed E-state index contributed by atoms with van der Waals surface area (Å²) in [7, 11) is 1.66. The first kappa shape index (κ1) is 16.6. The maximum absolute atomic E-state index is 11.7. The molecule has 17 heavy (non-hydrogen) atoms. The molecule has 0 bridgehead atoms. The van der Waals surface area contributed by atoms with Crippen molar-refractivity contribution >= 4 is 18.3 Å². The Hall–Kier alpha value is -0.360. The van der Waals surface area contributed by atoms with Gasteiger partial charge in [-0.1, -0.05) is 0 Å². The average Bonchev–Trinajstić information content (AvgIpc) is 2.28. The van der Waals surface area contributed by atoms with Gasteiger partial charge in [-0.3, -0.25) is 4.79 Å². The Bertz CT molecular complexity index is 217. The van der Waals surface area contributed by atoms with Crippen LogP contribution >= 0.6 is 12.4 Å². The molecule has 1 fully saturated rings. The number of nitrogens with zero attached hydrogens (tertiary/aromatic N) is 1. The van der Waals surface area contributed by atoms with Gasteiger partial charge in [0, 0.05) is 46.0 Å². The van der Waals surface area contributed by atoms with Crippen molar-refractivity contribution in [2.75, 3.05) is 46.6 Å². The van der Waals surface area contributed by atoms with E-state index in [9.17, 15) is 4.79 Å². The fourth-order valence-corrected chi connectivity index (χ4v) is 1.71. The van der Waals surface area contributed by atoms with Crippen LogP contribution in [0, 0.1) is 0 Å². The van der Waals surface area contributed by atoms with Crippen molar-refractivity contribution < 1.29 is 14.3 Å².